The molecule has 26 heavy (non-hydrogen) atoms. The van der Waals surface area contributed by atoms with Crippen molar-refractivity contribution in [3.8, 4) is 0 Å². The molecule has 0 fully saturated rings. The van der Waals surface area contributed by atoms with Gasteiger partial charge in [-0.15, -0.1) is 0 Å². The molecule has 1 aromatic rings. The molecular formula is C17H15Br3N2O4. The number of non-ortho nitro benzene ring substituents is 1. The molecule has 0 heterocycles. The van der Waals surface area contributed by atoms with Crippen LogP contribution in [0, 0.1) is 16.0 Å². The van der Waals surface area contributed by atoms with Crippen LogP contribution < -0.4 is 0 Å². The van der Waals surface area contributed by atoms with Crippen molar-refractivity contribution in [3.05, 3.63) is 50.0 Å². The van der Waals surface area contributed by atoms with Crippen LogP contribution in [0.3, 0.4) is 0 Å². The Morgan fingerprint density at radius 3 is 2.31 bits per heavy atom. The minimum atomic E-state index is -0.960. The van der Waals surface area contributed by atoms with Gasteiger partial charge in [0.2, 0.25) is 0 Å². The third kappa shape index (κ3) is 3.89. The fourth-order valence-corrected chi connectivity index (χ4v) is 4.83. The van der Waals surface area contributed by atoms with E-state index in [0.29, 0.717) is 15.8 Å². The van der Waals surface area contributed by atoms with Gasteiger partial charge in [-0.2, -0.15) is 0 Å². The summed E-state index contributed by atoms with van der Waals surface area (Å²) in [5.41, 5.74) is 1.24. The number of hydrogen-bond acceptors (Lipinski definition) is 4. The van der Waals surface area contributed by atoms with E-state index in [0.717, 1.165) is 0 Å². The lowest BCUT2D eigenvalue weighted by Crippen LogP contribution is -2.48. The Labute approximate surface area is 175 Å². The van der Waals surface area contributed by atoms with Gasteiger partial charge < -0.3 is 0 Å². The van der Waals surface area contributed by atoms with Gasteiger partial charge in [0.1, 0.15) is 4.32 Å². The number of ketones is 1. The minimum Gasteiger partial charge on any atom is -0.292 e. The normalized spacial score (nSPS) is 25.1. The Morgan fingerprint density at radius 2 is 1.85 bits per heavy atom. The van der Waals surface area contributed by atoms with Gasteiger partial charge in [-0.25, -0.2) is 4.99 Å². The second-order valence-electron chi connectivity index (χ2n) is 6.26. The van der Waals surface area contributed by atoms with E-state index in [4.69, 9.17) is 0 Å². The number of nitrogens with zero attached hydrogens (tertiary/aromatic N) is 2. The molecule has 0 N–H and O–H groups in total. The van der Waals surface area contributed by atoms with Gasteiger partial charge in [-0.05, 0) is 46.5 Å². The number of carbonyl (C=O) groups excluding carboxylic acids is 2. The highest BCUT2D eigenvalue weighted by molar-refractivity contribution is 9.13. The maximum absolute atomic E-state index is 12.6. The number of amides is 1. The molecule has 6 nitrogen and oxygen atoms in total. The molecule has 2 atom stereocenters. The van der Waals surface area contributed by atoms with Gasteiger partial charge in [0, 0.05) is 17.7 Å². The number of benzene rings is 1. The first-order chi connectivity index (χ1) is 12.0. The molecule has 1 amide bonds. The number of carbonyl (C=O) groups is 2. The Bertz CT molecular complexity index is 842. The number of aliphatic imine (C=N–C) groups is 1. The molecule has 0 bridgehead atoms. The van der Waals surface area contributed by atoms with Crippen molar-refractivity contribution in [3.63, 3.8) is 0 Å². The highest BCUT2D eigenvalue weighted by Gasteiger charge is 2.48. The highest BCUT2D eigenvalue weighted by Crippen LogP contribution is 2.43. The molecular weight excluding hydrogens is 536 g/mol. The van der Waals surface area contributed by atoms with Gasteiger partial charge in [0.25, 0.3) is 11.6 Å². The Balaban J connectivity index is 2.53. The van der Waals surface area contributed by atoms with Crippen LogP contribution in [-0.2, 0) is 4.79 Å². The van der Waals surface area contributed by atoms with Gasteiger partial charge in [0.05, 0.1) is 19.9 Å². The molecule has 138 valence electrons. The third-order valence-electron chi connectivity index (χ3n) is 4.00. The van der Waals surface area contributed by atoms with Crippen LogP contribution in [0.4, 0.5) is 5.69 Å². The van der Waals surface area contributed by atoms with E-state index in [-0.39, 0.29) is 23.0 Å². The van der Waals surface area contributed by atoms with Crippen molar-refractivity contribution in [2.24, 2.45) is 10.9 Å². The molecule has 9 heteroatoms. The lowest BCUT2D eigenvalue weighted by atomic mass is 9.83. The van der Waals surface area contributed by atoms with Crippen LogP contribution in [-0.4, -0.2) is 31.5 Å². The van der Waals surface area contributed by atoms with Crippen LogP contribution >= 0.6 is 47.8 Å². The number of nitro benzene ring substituents is 1. The third-order valence-corrected chi connectivity index (χ3v) is 7.57. The standard InChI is InChI=1S/C17H15Br3N2O4/c1-8(2)11-12(18)15(23)17(3,20)14(19)13(11)21-16(24)9-4-6-10(7-5-9)22(25)26/h4-8,14H,1-3H3. The van der Waals surface area contributed by atoms with Crippen molar-refractivity contribution in [1.29, 1.82) is 0 Å². The van der Waals surface area contributed by atoms with E-state index >= 15 is 0 Å². The van der Waals surface area contributed by atoms with Crippen LogP contribution in [0.2, 0.25) is 0 Å². The van der Waals surface area contributed by atoms with Crippen LogP contribution in [0.1, 0.15) is 31.1 Å². The summed E-state index contributed by atoms with van der Waals surface area (Å²) in [6.07, 6.45) is 0. The van der Waals surface area contributed by atoms with E-state index in [1.807, 2.05) is 13.8 Å². The molecule has 0 saturated carbocycles. The molecule has 0 radical (unpaired) electrons. The molecule has 0 spiro atoms. The molecule has 2 rings (SSSR count). The van der Waals surface area contributed by atoms with Crippen LogP contribution in [0.15, 0.2) is 39.3 Å². The Kier molecular flexibility index (Phi) is 6.35. The second-order valence-corrected chi connectivity index (χ2v) is 9.61. The zero-order chi connectivity index (χ0) is 19.8. The van der Waals surface area contributed by atoms with Gasteiger partial charge in [0.15, 0.2) is 5.78 Å². The first-order valence-electron chi connectivity index (χ1n) is 7.63. The van der Waals surface area contributed by atoms with E-state index in [9.17, 15) is 19.7 Å². The predicted octanol–water partition coefficient (Wildman–Crippen LogP) is 4.98. The summed E-state index contributed by atoms with van der Waals surface area (Å²) >= 11 is 10.3. The van der Waals surface area contributed by atoms with E-state index < -0.39 is 20.0 Å². The fourth-order valence-electron chi connectivity index (χ4n) is 2.52. The monoisotopic (exact) mass is 548 g/mol. The number of halogens is 3. The quantitative estimate of drug-likeness (QED) is 0.301. The van der Waals surface area contributed by atoms with Gasteiger partial charge >= 0.3 is 0 Å². The van der Waals surface area contributed by atoms with Crippen molar-refractivity contribution >= 4 is 70.9 Å². The summed E-state index contributed by atoms with van der Waals surface area (Å²) in [6.45, 7) is 5.53. The number of rotatable bonds is 3. The number of alkyl halides is 2. The lowest BCUT2D eigenvalue weighted by Gasteiger charge is -2.35. The first kappa shape index (κ1) is 21.1. The van der Waals surface area contributed by atoms with Crippen molar-refractivity contribution < 1.29 is 14.5 Å². The summed E-state index contributed by atoms with van der Waals surface area (Å²) < 4.78 is -0.573. The fraction of sp³-hybridized carbons (Fsp3) is 0.353. The predicted molar refractivity (Wildman–Crippen MR) is 111 cm³/mol. The average Bonchev–Trinajstić information content (AvgIpc) is 2.58. The minimum absolute atomic E-state index is 0.0413. The van der Waals surface area contributed by atoms with Crippen molar-refractivity contribution in [2.75, 3.05) is 0 Å². The molecule has 0 aromatic heterocycles. The Morgan fingerprint density at radius 1 is 1.31 bits per heavy atom. The second kappa shape index (κ2) is 7.82. The summed E-state index contributed by atoms with van der Waals surface area (Å²) in [4.78, 5) is 39.1. The van der Waals surface area contributed by atoms with Crippen molar-refractivity contribution in [1.82, 2.24) is 0 Å². The molecule has 1 aliphatic rings. The van der Waals surface area contributed by atoms with E-state index in [2.05, 4.69) is 52.8 Å². The molecule has 0 saturated heterocycles. The maximum Gasteiger partial charge on any atom is 0.277 e. The van der Waals surface area contributed by atoms with Crippen LogP contribution in [0.25, 0.3) is 0 Å². The topological polar surface area (TPSA) is 89.6 Å². The maximum atomic E-state index is 12.6. The van der Waals surface area contributed by atoms with Gasteiger partial charge in [-0.1, -0.05) is 45.7 Å². The number of Topliss-reactive ketones (excluding diaryl/α,β-unsaturated/α-hetero) is 1. The SMILES string of the molecule is CC(C)C1=C(Br)C(=O)C(C)(Br)C(Br)C1=NC(=O)c1ccc([N+](=O)[O-])cc1. The summed E-state index contributed by atoms with van der Waals surface area (Å²) in [5, 5.41) is 10.7. The molecule has 1 aromatic carbocycles. The summed E-state index contributed by atoms with van der Waals surface area (Å²) in [5.74, 6) is -0.708. The molecule has 1 aliphatic carbocycles. The van der Waals surface area contributed by atoms with Crippen LogP contribution in [0.5, 0.6) is 0 Å². The van der Waals surface area contributed by atoms with Crippen molar-refractivity contribution in [2.45, 2.75) is 29.9 Å². The number of allylic oxidation sites excluding steroid dienone is 2. The van der Waals surface area contributed by atoms with E-state index in [1.54, 1.807) is 6.92 Å². The highest BCUT2D eigenvalue weighted by atomic mass is 79.9. The molecule has 2 unspecified atom stereocenters. The number of nitro groups is 1. The average molecular weight is 551 g/mol. The van der Waals surface area contributed by atoms with E-state index in [1.165, 1.54) is 24.3 Å². The van der Waals surface area contributed by atoms with Gasteiger partial charge in [-0.3, -0.25) is 19.7 Å². The molecule has 0 aliphatic heterocycles. The zero-order valence-electron chi connectivity index (χ0n) is 14.1. The Hall–Kier alpha value is -1.19. The smallest absolute Gasteiger partial charge is 0.277 e. The zero-order valence-corrected chi connectivity index (χ0v) is 18.9. The summed E-state index contributed by atoms with van der Waals surface area (Å²) in [6, 6.07) is 5.24. The number of hydrogen-bond donors (Lipinski definition) is 0. The largest absolute Gasteiger partial charge is 0.292 e. The lowest BCUT2D eigenvalue weighted by molar-refractivity contribution is -0.384. The summed E-state index contributed by atoms with van der Waals surface area (Å²) in [7, 11) is 0. The first-order valence-corrected chi connectivity index (χ1v) is 10.1.